The summed E-state index contributed by atoms with van der Waals surface area (Å²) in [6.07, 6.45) is 11.4. The molecule has 0 amide bonds. The summed E-state index contributed by atoms with van der Waals surface area (Å²) in [5, 5.41) is 8.65. The molecular formula is C25H27F2N5O. The van der Waals surface area contributed by atoms with E-state index in [-0.39, 0.29) is 18.8 Å². The minimum absolute atomic E-state index is 0.0273. The van der Waals surface area contributed by atoms with E-state index in [1.165, 1.54) is 12.8 Å². The summed E-state index contributed by atoms with van der Waals surface area (Å²) in [4.78, 5) is 4.85. The summed E-state index contributed by atoms with van der Waals surface area (Å²) in [5.74, 6) is -1.53. The molecule has 0 unspecified atom stereocenters. The van der Waals surface area contributed by atoms with E-state index < -0.39 is 5.92 Å². The molecule has 172 valence electrons. The minimum Gasteiger partial charge on any atom is -0.361 e. The number of nitrogens with zero attached hydrogens (tertiary/aromatic N) is 5. The Balaban J connectivity index is 1.42. The molecule has 2 aliphatic carbocycles. The first-order valence-electron chi connectivity index (χ1n) is 11.7. The first kappa shape index (κ1) is 20.6. The molecule has 6 rings (SSSR count). The number of fused-ring (bicyclic) bond motifs is 1. The van der Waals surface area contributed by atoms with Gasteiger partial charge < -0.3 is 9.09 Å². The van der Waals surface area contributed by atoms with Crippen LogP contribution in [-0.2, 0) is 6.54 Å². The number of aryl methyl sites for hydroxylation is 2. The lowest BCUT2D eigenvalue weighted by molar-refractivity contribution is -0.0472. The summed E-state index contributed by atoms with van der Waals surface area (Å²) in [6.45, 7) is 4.53. The van der Waals surface area contributed by atoms with Crippen LogP contribution in [0.5, 0.6) is 0 Å². The van der Waals surface area contributed by atoms with Crippen molar-refractivity contribution in [1.29, 1.82) is 0 Å². The van der Waals surface area contributed by atoms with Crippen LogP contribution in [0.3, 0.4) is 0 Å². The maximum absolute atomic E-state index is 13.7. The van der Waals surface area contributed by atoms with Gasteiger partial charge in [-0.2, -0.15) is 5.10 Å². The quantitative estimate of drug-likeness (QED) is 0.356. The molecule has 4 aromatic rings. The van der Waals surface area contributed by atoms with Crippen LogP contribution in [0.15, 0.2) is 35.4 Å². The first-order chi connectivity index (χ1) is 15.9. The molecule has 0 spiro atoms. The Morgan fingerprint density at radius 1 is 1.06 bits per heavy atom. The molecule has 0 aromatic carbocycles. The zero-order valence-electron chi connectivity index (χ0n) is 18.9. The average molecular weight is 452 g/mol. The third-order valence-electron chi connectivity index (χ3n) is 7.16. The Hall–Kier alpha value is -3.03. The second-order valence-corrected chi connectivity index (χ2v) is 9.73. The van der Waals surface area contributed by atoms with E-state index in [2.05, 4.69) is 33.3 Å². The Bertz CT molecular complexity index is 1300. The molecule has 4 heterocycles. The summed E-state index contributed by atoms with van der Waals surface area (Å²) in [7, 11) is 0. The highest BCUT2D eigenvalue weighted by molar-refractivity contribution is 5.94. The SMILES string of the molecule is Cc1noc(C)c1-c1cnc2c(-c3cnn(C4CC4)c3)cn(CC3CCC(F)(F)CC3)c2c1. The second kappa shape index (κ2) is 7.50. The Morgan fingerprint density at radius 2 is 1.85 bits per heavy atom. The predicted molar refractivity (Wildman–Crippen MR) is 121 cm³/mol. The number of rotatable bonds is 5. The molecular weight excluding hydrogens is 424 g/mol. The average Bonchev–Trinajstić information content (AvgIpc) is 3.27. The molecule has 8 heteroatoms. The fourth-order valence-electron chi connectivity index (χ4n) is 5.14. The number of hydrogen-bond acceptors (Lipinski definition) is 4. The fourth-order valence-corrected chi connectivity index (χ4v) is 5.14. The maximum Gasteiger partial charge on any atom is 0.248 e. The van der Waals surface area contributed by atoms with Crippen molar-refractivity contribution in [2.24, 2.45) is 5.92 Å². The Labute approximate surface area is 190 Å². The molecule has 0 N–H and O–H groups in total. The number of pyridine rings is 1. The van der Waals surface area contributed by atoms with Crippen molar-refractivity contribution in [1.82, 2.24) is 24.5 Å². The van der Waals surface area contributed by atoms with Crippen LogP contribution >= 0.6 is 0 Å². The van der Waals surface area contributed by atoms with E-state index in [4.69, 9.17) is 9.51 Å². The molecule has 33 heavy (non-hydrogen) atoms. The van der Waals surface area contributed by atoms with Crippen LogP contribution in [0.4, 0.5) is 8.78 Å². The largest absolute Gasteiger partial charge is 0.361 e. The number of halogens is 2. The van der Waals surface area contributed by atoms with Gasteiger partial charge in [0.15, 0.2) is 0 Å². The van der Waals surface area contributed by atoms with Gasteiger partial charge in [-0.05, 0) is 51.5 Å². The summed E-state index contributed by atoms with van der Waals surface area (Å²) >= 11 is 0. The van der Waals surface area contributed by atoms with Gasteiger partial charge in [0.05, 0.1) is 29.0 Å². The lowest BCUT2D eigenvalue weighted by Gasteiger charge is -2.28. The minimum atomic E-state index is -2.52. The zero-order valence-corrected chi connectivity index (χ0v) is 18.9. The summed E-state index contributed by atoms with van der Waals surface area (Å²) < 4.78 is 37.0. The van der Waals surface area contributed by atoms with E-state index in [1.54, 1.807) is 0 Å². The molecule has 0 saturated heterocycles. The van der Waals surface area contributed by atoms with Crippen LogP contribution in [0, 0.1) is 19.8 Å². The standard InChI is InChI=1S/C25H27F2N5O/c1-15-23(16(2)33-30-15)18-9-22-24(28-10-18)21(19-11-29-32(13-19)20-3-4-20)14-31(22)12-17-5-7-25(26,27)8-6-17/h9-11,13-14,17,20H,3-8,12H2,1-2H3. The fraction of sp³-hybridized carbons (Fsp3) is 0.480. The molecule has 2 aliphatic rings. The van der Waals surface area contributed by atoms with E-state index in [9.17, 15) is 8.78 Å². The molecule has 0 atom stereocenters. The maximum atomic E-state index is 13.7. The van der Waals surface area contributed by atoms with Crippen molar-refractivity contribution in [2.45, 2.75) is 70.9 Å². The highest BCUT2D eigenvalue weighted by atomic mass is 19.3. The highest BCUT2D eigenvalue weighted by Gasteiger charge is 2.35. The van der Waals surface area contributed by atoms with Crippen molar-refractivity contribution < 1.29 is 13.3 Å². The van der Waals surface area contributed by atoms with Gasteiger partial charge in [-0.15, -0.1) is 0 Å². The molecule has 0 radical (unpaired) electrons. The molecule has 0 bridgehead atoms. The molecule has 6 nitrogen and oxygen atoms in total. The Kier molecular flexibility index (Phi) is 4.67. The van der Waals surface area contributed by atoms with Gasteiger partial charge >= 0.3 is 0 Å². The van der Waals surface area contributed by atoms with Crippen LogP contribution in [0.1, 0.15) is 56.0 Å². The third kappa shape index (κ3) is 3.75. The van der Waals surface area contributed by atoms with E-state index in [1.807, 2.05) is 30.9 Å². The van der Waals surface area contributed by atoms with Crippen molar-refractivity contribution in [3.8, 4) is 22.3 Å². The molecule has 2 saturated carbocycles. The zero-order chi connectivity index (χ0) is 22.7. The van der Waals surface area contributed by atoms with E-state index in [0.717, 1.165) is 44.7 Å². The van der Waals surface area contributed by atoms with Crippen LogP contribution in [0.25, 0.3) is 33.3 Å². The topological polar surface area (TPSA) is 61.7 Å². The molecule has 4 aromatic heterocycles. The number of hydrogen-bond donors (Lipinski definition) is 0. The first-order valence-corrected chi connectivity index (χ1v) is 11.7. The molecule has 2 fully saturated rings. The van der Waals surface area contributed by atoms with Gasteiger partial charge in [-0.3, -0.25) is 9.67 Å². The van der Waals surface area contributed by atoms with Crippen LogP contribution < -0.4 is 0 Å². The monoisotopic (exact) mass is 451 g/mol. The second-order valence-electron chi connectivity index (χ2n) is 9.73. The smallest absolute Gasteiger partial charge is 0.248 e. The predicted octanol–water partition coefficient (Wildman–Crippen LogP) is 6.33. The van der Waals surface area contributed by atoms with E-state index in [0.29, 0.717) is 25.4 Å². The third-order valence-corrected chi connectivity index (χ3v) is 7.16. The lowest BCUT2D eigenvalue weighted by atomic mass is 9.87. The van der Waals surface area contributed by atoms with Gasteiger partial charge in [0, 0.05) is 60.2 Å². The van der Waals surface area contributed by atoms with Gasteiger partial charge in [-0.1, -0.05) is 5.16 Å². The van der Waals surface area contributed by atoms with Gasteiger partial charge in [0.2, 0.25) is 5.92 Å². The number of alkyl halides is 2. The lowest BCUT2D eigenvalue weighted by Crippen LogP contribution is -2.26. The normalized spacial score (nSPS) is 18.9. The van der Waals surface area contributed by atoms with Crippen LogP contribution in [0.2, 0.25) is 0 Å². The summed E-state index contributed by atoms with van der Waals surface area (Å²) in [5.41, 5.74) is 6.71. The van der Waals surface area contributed by atoms with Crippen LogP contribution in [-0.4, -0.2) is 30.4 Å². The van der Waals surface area contributed by atoms with Crippen molar-refractivity contribution in [3.05, 3.63) is 42.3 Å². The van der Waals surface area contributed by atoms with Gasteiger partial charge in [0.25, 0.3) is 0 Å². The van der Waals surface area contributed by atoms with Crippen molar-refractivity contribution in [3.63, 3.8) is 0 Å². The van der Waals surface area contributed by atoms with Crippen molar-refractivity contribution >= 4 is 11.0 Å². The van der Waals surface area contributed by atoms with Crippen molar-refractivity contribution in [2.75, 3.05) is 0 Å². The van der Waals surface area contributed by atoms with Gasteiger partial charge in [-0.25, -0.2) is 8.78 Å². The highest BCUT2D eigenvalue weighted by Crippen LogP contribution is 2.40. The summed E-state index contributed by atoms with van der Waals surface area (Å²) in [6, 6.07) is 2.64. The Morgan fingerprint density at radius 3 is 2.55 bits per heavy atom. The number of aromatic nitrogens is 5. The van der Waals surface area contributed by atoms with E-state index >= 15 is 0 Å². The van der Waals surface area contributed by atoms with Gasteiger partial charge in [0.1, 0.15) is 5.76 Å². The molecule has 0 aliphatic heterocycles.